The Morgan fingerprint density at radius 1 is 1.24 bits per heavy atom. The first-order chi connectivity index (χ1) is 8.09. The number of hydrogen-bond donors (Lipinski definition) is 1. The maximum atomic E-state index is 11.2. The number of nitrogens with zero attached hydrogens (tertiary/aromatic N) is 2. The van der Waals surface area contributed by atoms with Crippen LogP contribution in [0.1, 0.15) is 25.5 Å². The molecule has 1 unspecified atom stereocenters. The van der Waals surface area contributed by atoms with E-state index < -0.39 is 11.9 Å². The third-order valence-electron chi connectivity index (χ3n) is 2.76. The molecule has 0 saturated heterocycles. The summed E-state index contributed by atoms with van der Waals surface area (Å²) < 4.78 is 0. The molecule has 0 saturated carbocycles. The molecule has 1 heterocycles. The highest BCUT2D eigenvalue weighted by atomic mass is 16.4. The number of benzene rings is 1. The minimum atomic E-state index is -0.857. The maximum absolute atomic E-state index is 11.2. The van der Waals surface area contributed by atoms with Crippen LogP contribution in [0.4, 0.5) is 0 Å². The summed E-state index contributed by atoms with van der Waals surface area (Å²) in [7, 11) is 0. The van der Waals surface area contributed by atoms with Crippen molar-refractivity contribution >= 4 is 16.9 Å². The Labute approximate surface area is 99.3 Å². The van der Waals surface area contributed by atoms with Gasteiger partial charge in [0.25, 0.3) is 0 Å². The van der Waals surface area contributed by atoms with E-state index in [2.05, 4.69) is 10.2 Å². The van der Waals surface area contributed by atoms with Crippen molar-refractivity contribution < 1.29 is 9.90 Å². The van der Waals surface area contributed by atoms with Crippen LogP contribution in [0.2, 0.25) is 0 Å². The van der Waals surface area contributed by atoms with Crippen molar-refractivity contribution in [2.24, 2.45) is 5.92 Å². The van der Waals surface area contributed by atoms with Crippen LogP contribution in [-0.4, -0.2) is 21.3 Å². The molecule has 1 atom stereocenters. The molecule has 0 spiro atoms. The fraction of sp³-hybridized carbons (Fsp3) is 0.308. The summed E-state index contributed by atoms with van der Waals surface area (Å²) >= 11 is 0. The molecule has 88 valence electrons. The third-order valence-corrected chi connectivity index (χ3v) is 2.76. The Balaban J connectivity index is 2.51. The van der Waals surface area contributed by atoms with E-state index in [-0.39, 0.29) is 5.92 Å². The summed E-state index contributed by atoms with van der Waals surface area (Å²) in [6, 6.07) is 9.36. The molecule has 4 nitrogen and oxygen atoms in total. The van der Waals surface area contributed by atoms with E-state index in [1.165, 1.54) is 0 Å². The Kier molecular flexibility index (Phi) is 3.04. The van der Waals surface area contributed by atoms with Crippen LogP contribution >= 0.6 is 0 Å². The zero-order chi connectivity index (χ0) is 12.4. The topological polar surface area (TPSA) is 63.1 Å². The molecule has 1 aromatic carbocycles. The molecule has 0 aliphatic carbocycles. The molecular weight excluding hydrogens is 216 g/mol. The van der Waals surface area contributed by atoms with Gasteiger partial charge < -0.3 is 5.11 Å². The number of hydrogen-bond acceptors (Lipinski definition) is 3. The summed E-state index contributed by atoms with van der Waals surface area (Å²) in [6.07, 6.45) is 0. The molecule has 0 bridgehead atoms. The summed E-state index contributed by atoms with van der Waals surface area (Å²) in [5.74, 6) is -1.47. The molecule has 1 aromatic heterocycles. The van der Waals surface area contributed by atoms with Crippen molar-refractivity contribution in [3.8, 4) is 0 Å². The predicted molar refractivity (Wildman–Crippen MR) is 64.8 cm³/mol. The Bertz CT molecular complexity index is 552. The largest absolute Gasteiger partial charge is 0.481 e. The SMILES string of the molecule is CC(C)C(C(=O)O)c1cc2ccccc2nn1. The van der Waals surface area contributed by atoms with Gasteiger partial charge in [0.15, 0.2) is 0 Å². The van der Waals surface area contributed by atoms with Crippen molar-refractivity contribution in [1.82, 2.24) is 10.2 Å². The van der Waals surface area contributed by atoms with Crippen LogP contribution in [0.15, 0.2) is 30.3 Å². The second-order valence-corrected chi connectivity index (χ2v) is 4.39. The molecular formula is C13H14N2O2. The fourth-order valence-electron chi connectivity index (χ4n) is 1.91. The minimum Gasteiger partial charge on any atom is -0.481 e. The van der Waals surface area contributed by atoms with Crippen molar-refractivity contribution in [3.63, 3.8) is 0 Å². The summed E-state index contributed by atoms with van der Waals surface area (Å²) in [5.41, 5.74) is 1.30. The average Bonchev–Trinajstić information content (AvgIpc) is 2.28. The van der Waals surface area contributed by atoms with Gasteiger partial charge in [-0.1, -0.05) is 32.0 Å². The lowest BCUT2D eigenvalue weighted by molar-refractivity contribution is -0.140. The number of rotatable bonds is 3. The van der Waals surface area contributed by atoms with Crippen molar-refractivity contribution in [2.75, 3.05) is 0 Å². The Morgan fingerprint density at radius 3 is 2.59 bits per heavy atom. The van der Waals surface area contributed by atoms with Gasteiger partial charge in [-0.25, -0.2) is 0 Å². The van der Waals surface area contributed by atoms with Gasteiger partial charge in [0.05, 0.1) is 11.2 Å². The second kappa shape index (κ2) is 4.49. The normalized spacial score (nSPS) is 12.9. The molecule has 0 radical (unpaired) electrons. The lowest BCUT2D eigenvalue weighted by Gasteiger charge is -2.15. The second-order valence-electron chi connectivity index (χ2n) is 4.39. The third kappa shape index (κ3) is 2.25. The number of carbonyl (C=O) groups is 1. The number of fused-ring (bicyclic) bond motifs is 1. The number of aromatic nitrogens is 2. The van der Waals surface area contributed by atoms with E-state index in [1.54, 1.807) is 6.07 Å². The van der Waals surface area contributed by atoms with E-state index in [4.69, 9.17) is 0 Å². The van der Waals surface area contributed by atoms with Crippen LogP contribution < -0.4 is 0 Å². The zero-order valence-corrected chi connectivity index (χ0v) is 9.79. The molecule has 2 rings (SSSR count). The Hall–Kier alpha value is -1.97. The van der Waals surface area contributed by atoms with Gasteiger partial charge in [0.1, 0.15) is 5.92 Å². The van der Waals surface area contributed by atoms with E-state index in [9.17, 15) is 9.90 Å². The smallest absolute Gasteiger partial charge is 0.312 e. The zero-order valence-electron chi connectivity index (χ0n) is 9.79. The lowest BCUT2D eigenvalue weighted by Crippen LogP contribution is -2.19. The fourth-order valence-corrected chi connectivity index (χ4v) is 1.91. The van der Waals surface area contributed by atoms with Gasteiger partial charge in [-0.15, -0.1) is 0 Å². The molecule has 0 aliphatic heterocycles. The first kappa shape index (κ1) is 11.5. The number of aliphatic carboxylic acids is 1. The van der Waals surface area contributed by atoms with Gasteiger partial charge in [-0.3, -0.25) is 4.79 Å². The van der Waals surface area contributed by atoms with Gasteiger partial charge in [0.2, 0.25) is 0 Å². The summed E-state index contributed by atoms with van der Waals surface area (Å²) in [6.45, 7) is 3.74. The van der Waals surface area contributed by atoms with Crippen molar-refractivity contribution in [3.05, 3.63) is 36.0 Å². The van der Waals surface area contributed by atoms with Crippen molar-refractivity contribution in [2.45, 2.75) is 19.8 Å². The van der Waals surface area contributed by atoms with Gasteiger partial charge in [0, 0.05) is 5.39 Å². The van der Waals surface area contributed by atoms with Crippen LogP contribution in [0.25, 0.3) is 10.9 Å². The van der Waals surface area contributed by atoms with E-state index in [1.807, 2.05) is 38.1 Å². The van der Waals surface area contributed by atoms with Crippen LogP contribution in [0, 0.1) is 5.92 Å². The van der Waals surface area contributed by atoms with E-state index in [0.717, 1.165) is 10.9 Å². The molecule has 0 amide bonds. The number of carboxylic acids is 1. The van der Waals surface area contributed by atoms with Gasteiger partial charge in [-0.05, 0) is 18.1 Å². The summed E-state index contributed by atoms with van der Waals surface area (Å²) in [4.78, 5) is 11.2. The Morgan fingerprint density at radius 2 is 1.94 bits per heavy atom. The monoisotopic (exact) mass is 230 g/mol. The van der Waals surface area contributed by atoms with Crippen LogP contribution in [0.3, 0.4) is 0 Å². The molecule has 0 fully saturated rings. The van der Waals surface area contributed by atoms with E-state index >= 15 is 0 Å². The maximum Gasteiger partial charge on any atom is 0.312 e. The first-order valence-electron chi connectivity index (χ1n) is 5.55. The highest BCUT2D eigenvalue weighted by molar-refractivity contribution is 5.81. The summed E-state index contributed by atoms with van der Waals surface area (Å²) in [5, 5.41) is 18.2. The minimum absolute atomic E-state index is 0.0111. The average molecular weight is 230 g/mol. The molecule has 4 heteroatoms. The van der Waals surface area contributed by atoms with Gasteiger partial charge in [-0.2, -0.15) is 10.2 Å². The first-order valence-corrected chi connectivity index (χ1v) is 5.55. The standard InChI is InChI=1S/C13H14N2O2/c1-8(2)12(13(16)17)11-7-9-5-3-4-6-10(9)14-15-11/h3-8,12H,1-2H3,(H,16,17). The van der Waals surface area contributed by atoms with Crippen molar-refractivity contribution in [1.29, 1.82) is 0 Å². The molecule has 1 N–H and O–H groups in total. The van der Waals surface area contributed by atoms with Gasteiger partial charge >= 0.3 is 5.97 Å². The molecule has 17 heavy (non-hydrogen) atoms. The van der Waals surface area contributed by atoms with Crippen LogP contribution in [-0.2, 0) is 4.79 Å². The molecule has 2 aromatic rings. The quantitative estimate of drug-likeness (QED) is 0.879. The molecule has 0 aliphatic rings. The van der Waals surface area contributed by atoms with E-state index in [0.29, 0.717) is 5.69 Å². The predicted octanol–water partition coefficient (Wildman–Crippen LogP) is 2.45. The highest BCUT2D eigenvalue weighted by Gasteiger charge is 2.25. The number of carboxylic acid groups (broad SMARTS) is 1. The lowest BCUT2D eigenvalue weighted by atomic mass is 9.92. The highest BCUT2D eigenvalue weighted by Crippen LogP contribution is 2.24. The van der Waals surface area contributed by atoms with Crippen LogP contribution in [0.5, 0.6) is 0 Å².